The molecular weight excluding hydrogens is 334 g/mol. The van der Waals surface area contributed by atoms with Crippen molar-refractivity contribution in [3.05, 3.63) is 22.7 Å². The van der Waals surface area contributed by atoms with E-state index in [0.29, 0.717) is 35.3 Å². The molecule has 1 aromatic rings. The first-order chi connectivity index (χ1) is 11.5. The predicted molar refractivity (Wildman–Crippen MR) is 91.3 cm³/mol. The third kappa shape index (κ3) is 4.53. The molecule has 2 rings (SSSR count). The summed E-state index contributed by atoms with van der Waals surface area (Å²) in [5.74, 6) is 0.665. The quantitative estimate of drug-likeness (QED) is 0.847. The van der Waals surface area contributed by atoms with Gasteiger partial charge in [0, 0.05) is 19.8 Å². The zero-order valence-electron chi connectivity index (χ0n) is 14.4. The monoisotopic (exact) mass is 357 g/mol. The smallest absolute Gasteiger partial charge is 0.253 e. The van der Waals surface area contributed by atoms with Crippen LogP contribution in [-0.4, -0.2) is 51.6 Å². The van der Waals surface area contributed by atoms with Crippen LogP contribution in [0.15, 0.2) is 12.1 Å². The molecule has 134 valence electrons. The van der Waals surface area contributed by atoms with Crippen molar-refractivity contribution in [1.29, 1.82) is 0 Å². The predicted octanol–water partition coefficient (Wildman–Crippen LogP) is 2.67. The second-order valence-electron chi connectivity index (χ2n) is 5.87. The van der Waals surface area contributed by atoms with Crippen LogP contribution in [0, 0.1) is 0 Å². The van der Waals surface area contributed by atoms with Crippen LogP contribution in [0.1, 0.15) is 30.6 Å². The van der Waals surface area contributed by atoms with E-state index in [1.54, 1.807) is 19.2 Å². The summed E-state index contributed by atoms with van der Waals surface area (Å²) in [4.78, 5) is 12.6. The average molecular weight is 358 g/mol. The Hall–Kier alpha value is -1.50. The molecule has 2 atom stereocenters. The van der Waals surface area contributed by atoms with Crippen molar-refractivity contribution < 1.29 is 23.7 Å². The Morgan fingerprint density at radius 2 is 2.08 bits per heavy atom. The molecule has 24 heavy (non-hydrogen) atoms. The van der Waals surface area contributed by atoms with E-state index in [9.17, 15) is 4.79 Å². The van der Waals surface area contributed by atoms with E-state index >= 15 is 0 Å². The van der Waals surface area contributed by atoms with Crippen molar-refractivity contribution in [3.8, 4) is 11.5 Å². The summed E-state index contributed by atoms with van der Waals surface area (Å²) in [5.41, 5.74) is 0.324. The van der Waals surface area contributed by atoms with Crippen molar-refractivity contribution in [1.82, 2.24) is 5.32 Å². The van der Waals surface area contributed by atoms with Crippen molar-refractivity contribution >= 4 is 17.5 Å². The number of hydrogen-bond acceptors (Lipinski definition) is 5. The fourth-order valence-corrected chi connectivity index (χ4v) is 2.84. The Morgan fingerprint density at radius 1 is 1.33 bits per heavy atom. The lowest BCUT2D eigenvalue weighted by molar-refractivity contribution is -0.0349. The zero-order valence-corrected chi connectivity index (χ0v) is 15.2. The van der Waals surface area contributed by atoms with Gasteiger partial charge in [-0.2, -0.15) is 0 Å². The average Bonchev–Trinajstić information content (AvgIpc) is 2.55. The minimum atomic E-state index is -0.299. The van der Waals surface area contributed by atoms with Crippen molar-refractivity contribution in [2.75, 3.05) is 27.4 Å². The molecule has 7 heteroatoms. The Labute approximate surface area is 147 Å². The van der Waals surface area contributed by atoms with E-state index < -0.39 is 0 Å². The molecule has 6 nitrogen and oxygen atoms in total. The number of ether oxygens (including phenoxy) is 4. The van der Waals surface area contributed by atoms with Crippen molar-refractivity contribution in [2.45, 2.75) is 38.5 Å². The van der Waals surface area contributed by atoms with Crippen LogP contribution in [0.5, 0.6) is 11.5 Å². The minimum Gasteiger partial charge on any atom is -0.493 e. The van der Waals surface area contributed by atoms with Gasteiger partial charge in [-0.3, -0.25) is 4.79 Å². The van der Waals surface area contributed by atoms with Crippen molar-refractivity contribution in [3.63, 3.8) is 0 Å². The molecule has 0 aromatic heterocycles. The molecule has 0 radical (unpaired) electrons. The largest absolute Gasteiger partial charge is 0.493 e. The molecule has 1 aliphatic heterocycles. The van der Waals surface area contributed by atoms with Crippen LogP contribution in [0.3, 0.4) is 0 Å². The summed E-state index contributed by atoms with van der Waals surface area (Å²) < 4.78 is 21.8. The van der Waals surface area contributed by atoms with E-state index in [2.05, 4.69) is 5.32 Å². The van der Waals surface area contributed by atoms with Gasteiger partial charge in [0.15, 0.2) is 11.5 Å². The number of nitrogens with one attached hydrogen (secondary N) is 1. The fourth-order valence-electron chi connectivity index (χ4n) is 2.60. The number of carbonyl (C=O) groups is 1. The van der Waals surface area contributed by atoms with Gasteiger partial charge < -0.3 is 24.3 Å². The number of halogens is 1. The van der Waals surface area contributed by atoms with Gasteiger partial charge in [-0.25, -0.2) is 0 Å². The first kappa shape index (κ1) is 18.8. The summed E-state index contributed by atoms with van der Waals surface area (Å²) in [7, 11) is 3.15. The Bertz CT molecular complexity index is 578. The lowest BCUT2D eigenvalue weighted by Gasteiger charge is -2.31. The van der Waals surface area contributed by atoms with Gasteiger partial charge in [0.05, 0.1) is 42.6 Å². The van der Waals surface area contributed by atoms with Crippen molar-refractivity contribution in [2.24, 2.45) is 0 Å². The topological polar surface area (TPSA) is 66.0 Å². The molecule has 0 bridgehead atoms. The number of rotatable bonds is 6. The van der Waals surface area contributed by atoms with Gasteiger partial charge in [0.2, 0.25) is 0 Å². The fraction of sp³-hybridized carbons (Fsp3) is 0.588. The number of hydrogen-bond donors (Lipinski definition) is 1. The SMILES string of the molecule is COc1cc(C(=O)N[C@H]2COCC[C@@H]2OC)c(Cl)cc1OC(C)C. The van der Waals surface area contributed by atoms with E-state index in [1.165, 1.54) is 7.11 Å². The number of carbonyl (C=O) groups excluding carboxylic acids is 1. The van der Waals surface area contributed by atoms with Gasteiger partial charge in [-0.1, -0.05) is 11.6 Å². The maximum absolute atomic E-state index is 12.6. The molecule has 0 spiro atoms. The summed E-state index contributed by atoms with van der Waals surface area (Å²) in [6, 6.07) is 2.96. The summed E-state index contributed by atoms with van der Waals surface area (Å²) >= 11 is 6.27. The minimum absolute atomic E-state index is 0.0310. The molecule has 1 fully saturated rings. The molecule has 1 saturated heterocycles. The second-order valence-corrected chi connectivity index (χ2v) is 6.27. The van der Waals surface area contributed by atoms with Crippen LogP contribution in [0.25, 0.3) is 0 Å². The van der Waals surface area contributed by atoms with E-state index in [-0.39, 0.29) is 24.2 Å². The summed E-state index contributed by atoms with van der Waals surface area (Å²) in [6.45, 7) is 4.85. The van der Waals surface area contributed by atoms with Crippen LogP contribution in [0.2, 0.25) is 5.02 Å². The summed E-state index contributed by atoms with van der Waals surface area (Å²) in [6.07, 6.45) is 0.628. The highest BCUT2D eigenvalue weighted by Gasteiger charge is 2.28. The van der Waals surface area contributed by atoms with Gasteiger partial charge in [-0.15, -0.1) is 0 Å². The van der Waals surface area contributed by atoms with E-state index in [1.807, 2.05) is 13.8 Å². The Kier molecular flexibility index (Phi) is 6.71. The number of benzene rings is 1. The highest BCUT2D eigenvalue weighted by Crippen LogP contribution is 2.34. The lowest BCUT2D eigenvalue weighted by atomic mass is 10.1. The molecule has 1 N–H and O–H groups in total. The van der Waals surface area contributed by atoms with Crippen LogP contribution < -0.4 is 14.8 Å². The van der Waals surface area contributed by atoms with E-state index in [0.717, 1.165) is 6.42 Å². The first-order valence-corrected chi connectivity index (χ1v) is 8.29. The van der Waals surface area contributed by atoms with Gasteiger partial charge in [0.25, 0.3) is 5.91 Å². The van der Waals surface area contributed by atoms with Crippen LogP contribution in [0.4, 0.5) is 0 Å². The molecule has 1 amide bonds. The zero-order chi connectivity index (χ0) is 17.7. The lowest BCUT2D eigenvalue weighted by Crippen LogP contribution is -2.50. The first-order valence-electron chi connectivity index (χ1n) is 7.91. The molecule has 0 saturated carbocycles. The van der Waals surface area contributed by atoms with Crippen LogP contribution >= 0.6 is 11.6 Å². The summed E-state index contributed by atoms with van der Waals surface area (Å²) in [5, 5.41) is 3.22. The van der Waals surface area contributed by atoms with Gasteiger partial charge in [0.1, 0.15) is 0 Å². The molecule has 1 heterocycles. The normalized spacial score (nSPS) is 20.8. The maximum atomic E-state index is 12.6. The van der Waals surface area contributed by atoms with Crippen LogP contribution in [-0.2, 0) is 9.47 Å². The molecule has 1 aliphatic rings. The number of amides is 1. The van der Waals surface area contributed by atoms with Gasteiger partial charge in [-0.05, 0) is 26.3 Å². The molecule has 0 aliphatic carbocycles. The van der Waals surface area contributed by atoms with Gasteiger partial charge >= 0.3 is 0 Å². The third-order valence-electron chi connectivity index (χ3n) is 3.77. The standard InChI is InChI=1S/C17H24ClNO5/c1-10(2)24-16-8-12(18)11(7-15(16)22-4)17(20)19-13-9-23-6-5-14(13)21-3/h7-8,10,13-14H,5-6,9H2,1-4H3,(H,19,20)/t13-,14-/m0/s1. The second kappa shape index (κ2) is 8.55. The number of methoxy groups -OCH3 is 2. The van der Waals surface area contributed by atoms with E-state index in [4.69, 9.17) is 30.5 Å². The maximum Gasteiger partial charge on any atom is 0.253 e. The third-order valence-corrected chi connectivity index (χ3v) is 4.09. The molecule has 1 aromatic carbocycles. The molecular formula is C17H24ClNO5. The Morgan fingerprint density at radius 3 is 2.71 bits per heavy atom. The Balaban J connectivity index is 2.19. The molecule has 0 unspecified atom stereocenters. The highest BCUT2D eigenvalue weighted by molar-refractivity contribution is 6.34. The highest BCUT2D eigenvalue weighted by atomic mass is 35.5.